The van der Waals surface area contributed by atoms with Gasteiger partial charge >= 0.3 is 18.3 Å². The Morgan fingerprint density at radius 1 is 1.19 bits per heavy atom. The van der Waals surface area contributed by atoms with E-state index in [1.165, 1.54) is 0 Å². The number of fused-ring (bicyclic) bond motifs is 1. The molecule has 0 amide bonds. The lowest BCUT2D eigenvalue weighted by Crippen LogP contribution is -2.14. The first-order valence-electron chi connectivity index (χ1n) is 6.59. The molecule has 1 aromatic carbocycles. The molecule has 21 heavy (non-hydrogen) atoms. The van der Waals surface area contributed by atoms with Gasteiger partial charge in [-0.05, 0) is 12.1 Å². The largest absolute Gasteiger partial charge is 0.478 e. The second kappa shape index (κ2) is 4.61. The van der Waals surface area contributed by atoms with Crippen molar-refractivity contribution in [2.24, 2.45) is 0 Å². The molecule has 9 heteroatoms. The fraction of sp³-hybridized carbons (Fsp3) is 0.167. The van der Waals surface area contributed by atoms with Gasteiger partial charge in [0, 0.05) is 5.39 Å². The number of nitrogens with zero attached hydrogens (tertiary/aromatic N) is 1. The van der Waals surface area contributed by atoms with E-state index in [9.17, 15) is 31.1 Å². The molecule has 1 N–H and O–H groups in total. The van der Waals surface area contributed by atoms with E-state index < -0.39 is 64.2 Å². The van der Waals surface area contributed by atoms with Gasteiger partial charge in [0.05, 0.1) is 20.8 Å². The van der Waals surface area contributed by atoms with Crippen LogP contribution in [0.2, 0.25) is 0 Å². The summed E-state index contributed by atoms with van der Waals surface area (Å²) < 4.78 is 99.9. The summed E-state index contributed by atoms with van der Waals surface area (Å²) >= 11 is 0. The lowest BCUT2D eigenvalue weighted by molar-refractivity contribution is -0.142. The Bertz CT molecular complexity index is 863. The first-order chi connectivity index (χ1) is 10.8. The molecule has 0 saturated heterocycles. The Kier molecular flexibility index (Phi) is 2.49. The van der Waals surface area contributed by atoms with Gasteiger partial charge < -0.3 is 5.11 Å². The molecule has 3 nitrogen and oxygen atoms in total. The number of carbonyl (C=O) groups is 1. The zero-order valence-corrected chi connectivity index (χ0v) is 9.65. The zero-order chi connectivity index (χ0) is 18.6. The minimum absolute atomic E-state index is 0.0903. The number of hydrogen-bond acceptors (Lipinski definition) is 2. The Balaban J connectivity index is 3.19. The highest BCUT2D eigenvalue weighted by Crippen LogP contribution is 2.37. The molecule has 0 unspecified atom stereocenters. The Hall–Kier alpha value is -2.32. The summed E-state index contributed by atoms with van der Waals surface area (Å²) in [4.78, 5) is 14.0. The highest BCUT2D eigenvalue weighted by Gasteiger charge is 2.37. The molecule has 0 bridgehead atoms. The molecule has 0 aliphatic heterocycles. The van der Waals surface area contributed by atoms with E-state index in [-0.39, 0.29) is 6.07 Å². The quantitative estimate of drug-likeness (QED) is 0.811. The third kappa shape index (κ3) is 2.76. The van der Waals surface area contributed by atoms with Gasteiger partial charge in [0.15, 0.2) is 0 Å². The normalized spacial score (nSPS) is 14.7. The molecule has 2 rings (SSSR count). The number of rotatable bonds is 1. The molecule has 112 valence electrons. The van der Waals surface area contributed by atoms with E-state index in [4.69, 9.17) is 9.22 Å². The van der Waals surface area contributed by atoms with E-state index in [0.717, 1.165) is 0 Å². The molecule has 0 spiro atoms. The van der Waals surface area contributed by atoms with Gasteiger partial charge in [-0.2, -0.15) is 26.3 Å². The fourth-order valence-corrected chi connectivity index (χ4v) is 1.57. The number of alkyl halides is 6. The van der Waals surface area contributed by atoms with Crippen LogP contribution in [0.3, 0.4) is 0 Å². The van der Waals surface area contributed by atoms with Crippen LogP contribution in [0.25, 0.3) is 10.9 Å². The van der Waals surface area contributed by atoms with Gasteiger partial charge in [-0.15, -0.1) is 0 Å². The molecule has 1 heterocycles. The SMILES string of the molecule is [2H]c1cc(C(F)(F)F)c2nc(C(F)(F)F)c([2H])c(C(=O)O)c2c1[2H]. The number of carboxylic acids is 1. The topological polar surface area (TPSA) is 50.2 Å². The summed E-state index contributed by atoms with van der Waals surface area (Å²) in [5.41, 5.74) is -6.80. The molecular formula is C12H5F6NO2. The lowest BCUT2D eigenvalue weighted by atomic mass is 10.0. The summed E-state index contributed by atoms with van der Waals surface area (Å²) in [5, 5.41) is 7.88. The lowest BCUT2D eigenvalue weighted by Gasteiger charge is -2.13. The van der Waals surface area contributed by atoms with Crippen molar-refractivity contribution in [1.29, 1.82) is 0 Å². The molecule has 2 aromatic rings. The highest BCUT2D eigenvalue weighted by molar-refractivity contribution is 6.03. The van der Waals surface area contributed by atoms with Gasteiger partial charge in [-0.3, -0.25) is 0 Å². The van der Waals surface area contributed by atoms with E-state index in [2.05, 4.69) is 4.98 Å². The van der Waals surface area contributed by atoms with Crippen LogP contribution >= 0.6 is 0 Å². The number of aromatic carboxylic acids is 1. The monoisotopic (exact) mass is 312 g/mol. The summed E-state index contributed by atoms with van der Waals surface area (Å²) in [5.74, 6) is -2.13. The smallest absolute Gasteiger partial charge is 0.433 e. The van der Waals surface area contributed by atoms with Crippen LogP contribution in [0.15, 0.2) is 24.2 Å². The van der Waals surface area contributed by atoms with Crippen molar-refractivity contribution >= 4 is 16.9 Å². The Morgan fingerprint density at radius 2 is 1.81 bits per heavy atom. The second-order valence-corrected chi connectivity index (χ2v) is 3.81. The first kappa shape index (κ1) is 11.4. The number of halogens is 6. The zero-order valence-electron chi connectivity index (χ0n) is 12.6. The van der Waals surface area contributed by atoms with Crippen LogP contribution < -0.4 is 0 Å². The summed E-state index contributed by atoms with van der Waals surface area (Å²) in [7, 11) is 0. The number of carboxylic acid groups (broad SMARTS) is 1. The van der Waals surface area contributed by atoms with Gasteiger partial charge in [0.2, 0.25) is 0 Å². The van der Waals surface area contributed by atoms with E-state index in [1.54, 1.807) is 0 Å². The fourth-order valence-electron chi connectivity index (χ4n) is 1.57. The van der Waals surface area contributed by atoms with Crippen LogP contribution in [0.4, 0.5) is 26.3 Å². The van der Waals surface area contributed by atoms with Crippen molar-refractivity contribution in [3.05, 3.63) is 41.0 Å². The first-order valence-corrected chi connectivity index (χ1v) is 5.09. The predicted octanol–water partition coefficient (Wildman–Crippen LogP) is 3.97. The summed E-state index contributed by atoms with van der Waals surface area (Å²) in [6.45, 7) is 0. The van der Waals surface area contributed by atoms with Crippen molar-refractivity contribution in [2.75, 3.05) is 0 Å². The van der Waals surface area contributed by atoms with Gasteiger partial charge in [-0.1, -0.05) is 12.1 Å². The maximum absolute atomic E-state index is 13.0. The molecule has 0 saturated carbocycles. The van der Waals surface area contributed by atoms with Crippen molar-refractivity contribution in [1.82, 2.24) is 4.98 Å². The van der Waals surface area contributed by atoms with Crippen LogP contribution in [0, 0.1) is 0 Å². The van der Waals surface area contributed by atoms with Gasteiger partial charge in [0.25, 0.3) is 0 Å². The summed E-state index contributed by atoms with van der Waals surface area (Å²) in [6.07, 6.45) is -10.6. The van der Waals surface area contributed by atoms with Gasteiger partial charge in [-0.25, -0.2) is 9.78 Å². The number of hydrogen-bond donors (Lipinski definition) is 1. The van der Waals surface area contributed by atoms with Crippen molar-refractivity contribution in [2.45, 2.75) is 12.4 Å². The Labute approximate surface area is 117 Å². The average molecular weight is 312 g/mol. The average Bonchev–Trinajstić information content (AvgIpc) is 2.39. The molecule has 0 fully saturated rings. The van der Waals surface area contributed by atoms with Crippen molar-refractivity contribution < 1.29 is 40.4 Å². The van der Waals surface area contributed by atoms with Crippen LogP contribution in [-0.4, -0.2) is 16.1 Å². The number of aromatic nitrogens is 1. The Morgan fingerprint density at radius 3 is 2.29 bits per heavy atom. The molecule has 1 aromatic heterocycles. The standard InChI is InChI=1S/C12H5F6NO2/c13-11(14,15)7-3-1-2-5-6(10(20)21)4-8(12(16,17)18)19-9(5)7/h1-4H,(H,20,21)/i1D,2D,4D. The predicted molar refractivity (Wildman–Crippen MR) is 58.7 cm³/mol. The van der Waals surface area contributed by atoms with Crippen LogP contribution in [0.5, 0.6) is 0 Å². The number of para-hydroxylation sites is 1. The number of pyridine rings is 1. The van der Waals surface area contributed by atoms with E-state index in [0.29, 0.717) is 0 Å². The van der Waals surface area contributed by atoms with Crippen LogP contribution in [-0.2, 0) is 12.4 Å². The number of benzene rings is 1. The maximum atomic E-state index is 13.0. The molecular weight excluding hydrogens is 304 g/mol. The summed E-state index contributed by atoms with van der Waals surface area (Å²) in [6, 6.07) is -3.70. The van der Waals surface area contributed by atoms with E-state index >= 15 is 0 Å². The van der Waals surface area contributed by atoms with Crippen molar-refractivity contribution in [3.8, 4) is 0 Å². The van der Waals surface area contributed by atoms with Crippen LogP contribution in [0.1, 0.15) is 25.7 Å². The third-order valence-corrected chi connectivity index (χ3v) is 2.41. The van der Waals surface area contributed by atoms with E-state index in [1.807, 2.05) is 0 Å². The maximum Gasteiger partial charge on any atom is 0.433 e. The third-order valence-electron chi connectivity index (χ3n) is 2.41. The minimum Gasteiger partial charge on any atom is -0.478 e. The van der Waals surface area contributed by atoms with Gasteiger partial charge in [0.1, 0.15) is 5.69 Å². The molecule has 0 atom stereocenters. The minimum atomic E-state index is -5.37. The molecule has 0 aliphatic rings. The second-order valence-electron chi connectivity index (χ2n) is 3.81. The van der Waals surface area contributed by atoms with Crippen molar-refractivity contribution in [3.63, 3.8) is 0 Å². The highest BCUT2D eigenvalue weighted by atomic mass is 19.4. The molecule has 0 radical (unpaired) electrons. The molecule has 0 aliphatic carbocycles.